The van der Waals surface area contributed by atoms with Crippen molar-refractivity contribution in [3.63, 3.8) is 0 Å². The first-order chi connectivity index (χ1) is 4.26. The van der Waals surface area contributed by atoms with E-state index in [4.69, 9.17) is 10.2 Å². The number of aliphatic hydroxyl groups is 2. The molecule has 1 radical (unpaired) electrons. The molecular weight excluding hydrogens is 116 g/mol. The van der Waals surface area contributed by atoms with E-state index in [9.17, 15) is 0 Å². The van der Waals surface area contributed by atoms with Crippen LogP contribution in [0.25, 0.3) is 0 Å². The summed E-state index contributed by atoms with van der Waals surface area (Å²) in [5, 5.41) is 17.3. The Kier molecular flexibility index (Phi) is 4.72. The van der Waals surface area contributed by atoms with Gasteiger partial charge in [-0.15, -0.1) is 0 Å². The molecule has 9 heavy (non-hydrogen) atoms. The standard InChI is InChI=1S/C7H15O2/c1-3-6(2)7(4-8)5-9/h6,8-9H,3-5H2,1-2H3. The Morgan fingerprint density at radius 3 is 1.89 bits per heavy atom. The molecule has 2 N–H and O–H groups in total. The third kappa shape index (κ3) is 2.82. The van der Waals surface area contributed by atoms with Gasteiger partial charge in [-0.1, -0.05) is 20.3 Å². The van der Waals surface area contributed by atoms with E-state index < -0.39 is 0 Å². The van der Waals surface area contributed by atoms with Crippen LogP contribution >= 0.6 is 0 Å². The molecule has 0 bridgehead atoms. The summed E-state index contributed by atoms with van der Waals surface area (Å²) in [7, 11) is 0. The van der Waals surface area contributed by atoms with Crippen molar-refractivity contribution >= 4 is 0 Å². The number of hydrogen-bond acceptors (Lipinski definition) is 2. The van der Waals surface area contributed by atoms with E-state index in [1.807, 2.05) is 13.8 Å². The summed E-state index contributed by atoms with van der Waals surface area (Å²) in [4.78, 5) is 0. The van der Waals surface area contributed by atoms with Crippen LogP contribution in [0.15, 0.2) is 0 Å². The second kappa shape index (κ2) is 4.77. The molecule has 0 saturated carbocycles. The van der Waals surface area contributed by atoms with E-state index in [1.165, 1.54) is 0 Å². The molecule has 0 saturated heterocycles. The zero-order chi connectivity index (χ0) is 7.28. The summed E-state index contributed by atoms with van der Waals surface area (Å²) in [6, 6.07) is 0. The van der Waals surface area contributed by atoms with Crippen LogP contribution in [0.2, 0.25) is 0 Å². The van der Waals surface area contributed by atoms with Gasteiger partial charge in [-0.3, -0.25) is 0 Å². The van der Waals surface area contributed by atoms with Crippen molar-refractivity contribution in [3.05, 3.63) is 5.92 Å². The predicted octanol–water partition coefficient (Wildman–Crippen LogP) is 0.592. The molecule has 0 rings (SSSR count). The lowest BCUT2D eigenvalue weighted by Crippen LogP contribution is -2.16. The molecular formula is C7H15O2. The van der Waals surface area contributed by atoms with E-state index in [0.29, 0.717) is 5.92 Å². The van der Waals surface area contributed by atoms with E-state index in [-0.39, 0.29) is 13.2 Å². The molecule has 0 aliphatic heterocycles. The molecule has 1 unspecified atom stereocenters. The smallest absolute Gasteiger partial charge is 0.0519 e. The number of hydrogen-bond donors (Lipinski definition) is 2. The second-order valence-electron chi connectivity index (χ2n) is 2.28. The Morgan fingerprint density at radius 2 is 1.78 bits per heavy atom. The van der Waals surface area contributed by atoms with Crippen LogP contribution in [-0.4, -0.2) is 23.4 Å². The SMILES string of the molecule is CCC(C)[C](CO)CO. The minimum atomic E-state index is 0.0194. The maximum absolute atomic E-state index is 8.63. The summed E-state index contributed by atoms with van der Waals surface area (Å²) in [6.45, 7) is 4.08. The van der Waals surface area contributed by atoms with Gasteiger partial charge in [-0.2, -0.15) is 0 Å². The molecule has 0 aliphatic rings. The lowest BCUT2D eigenvalue weighted by molar-refractivity contribution is 0.215. The van der Waals surface area contributed by atoms with Gasteiger partial charge in [-0.05, 0) is 5.92 Å². The van der Waals surface area contributed by atoms with Crippen LogP contribution in [0.1, 0.15) is 20.3 Å². The summed E-state index contributed by atoms with van der Waals surface area (Å²) in [5.41, 5.74) is 0. The zero-order valence-corrected chi connectivity index (χ0v) is 6.09. The highest BCUT2D eigenvalue weighted by molar-refractivity contribution is 4.92. The minimum absolute atomic E-state index is 0.0194. The van der Waals surface area contributed by atoms with Gasteiger partial charge in [0, 0.05) is 5.92 Å². The molecule has 0 aliphatic carbocycles. The van der Waals surface area contributed by atoms with Crippen molar-refractivity contribution in [2.75, 3.05) is 13.2 Å². The normalized spacial score (nSPS) is 14.3. The Balaban J connectivity index is 3.50. The summed E-state index contributed by atoms with van der Waals surface area (Å²) in [6.07, 6.45) is 0.983. The predicted molar refractivity (Wildman–Crippen MR) is 36.9 cm³/mol. The lowest BCUT2D eigenvalue weighted by atomic mass is 9.93. The second-order valence-corrected chi connectivity index (χ2v) is 2.28. The zero-order valence-electron chi connectivity index (χ0n) is 6.09. The molecule has 0 spiro atoms. The van der Waals surface area contributed by atoms with Crippen LogP contribution in [0.3, 0.4) is 0 Å². The van der Waals surface area contributed by atoms with Crippen molar-refractivity contribution in [2.45, 2.75) is 20.3 Å². The molecule has 0 aromatic rings. The lowest BCUT2D eigenvalue weighted by Gasteiger charge is -2.16. The highest BCUT2D eigenvalue weighted by Crippen LogP contribution is 2.15. The third-order valence-electron chi connectivity index (χ3n) is 1.72. The Hall–Kier alpha value is -0.0800. The van der Waals surface area contributed by atoms with E-state index in [0.717, 1.165) is 12.3 Å². The fourth-order valence-corrected chi connectivity index (χ4v) is 0.650. The van der Waals surface area contributed by atoms with Crippen molar-refractivity contribution in [3.8, 4) is 0 Å². The van der Waals surface area contributed by atoms with E-state index >= 15 is 0 Å². The minimum Gasteiger partial charge on any atom is -0.396 e. The Bertz CT molecular complexity index is 59.9. The molecule has 2 heteroatoms. The van der Waals surface area contributed by atoms with Crippen molar-refractivity contribution in [2.24, 2.45) is 5.92 Å². The maximum atomic E-state index is 8.63. The van der Waals surface area contributed by atoms with Gasteiger partial charge in [0.25, 0.3) is 0 Å². The first-order valence-corrected chi connectivity index (χ1v) is 3.32. The molecule has 1 atom stereocenters. The quantitative estimate of drug-likeness (QED) is 0.586. The topological polar surface area (TPSA) is 40.5 Å². The molecule has 2 nitrogen and oxygen atoms in total. The van der Waals surface area contributed by atoms with Crippen molar-refractivity contribution < 1.29 is 10.2 Å². The van der Waals surface area contributed by atoms with Crippen LogP contribution in [-0.2, 0) is 0 Å². The van der Waals surface area contributed by atoms with Gasteiger partial charge >= 0.3 is 0 Å². The summed E-state index contributed by atoms with van der Waals surface area (Å²) < 4.78 is 0. The van der Waals surface area contributed by atoms with E-state index in [1.54, 1.807) is 0 Å². The largest absolute Gasteiger partial charge is 0.396 e. The number of rotatable bonds is 4. The molecule has 0 aromatic carbocycles. The fourth-order valence-electron chi connectivity index (χ4n) is 0.650. The van der Waals surface area contributed by atoms with E-state index in [2.05, 4.69) is 0 Å². The van der Waals surface area contributed by atoms with Crippen molar-refractivity contribution in [1.29, 1.82) is 0 Å². The van der Waals surface area contributed by atoms with Crippen molar-refractivity contribution in [1.82, 2.24) is 0 Å². The highest BCUT2D eigenvalue weighted by atomic mass is 16.3. The van der Waals surface area contributed by atoms with Crippen LogP contribution in [0, 0.1) is 11.8 Å². The van der Waals surface area contributed by atoms with Gasteiger partial charge in [0.1, 0.15) is 0 Å². The van der Waals surface area contributed by atoms with Crippen LogP contribution < -0.4 is 0 Å². The maximum Gasteiger partial charge on any atom is 0.0519 e. The van der Waals surface area contributed by atoms with Gasteiger partial charge in [0.2, 0.25) is 0 Å². The highest BCUT2D eigenvalue weighted by Gasteiger charge is 2.13. The summed E-state index contributed by atoms with van der Waals surface area (Å²) in [5.74, 6) is 1.18. The Labute approximate surface area is 56.5 Å². The molecule has 0 amide bonds. The van der Waals surface area contributed by atoms with Crippen LogP contribution in [0.5, 0.6) is 0 Å². The average Bonchev–Trinajstić information content (AvgIpc) is 1.90. The summed E-state index contributed by atoms with van der Waals surface area (Å²) >= 11 is 0. The average molecular weight is 131 g/mol. The first-order valence-electron chi connectivity index (χ1n) is 3.32. The van der Waals surface area contributed by atoms with Gasteiger partial charge in [-0.25, -0.2) is 0 Å². The molecule has 0 heterocycles. The van der Waals surface area contributed by atoms with Gasteiger partial charge in [0.15, 0.2) is 0 Å². The fraction of sp³-hybridized carbons (Fsp3) is 0.857. The molecule has 55 valence electrons. The molecule has 0 aromatic heterocycles. The third-order valence-corrected chi connectivity index (χ3v) is 1.72. The van der Waals surface area contributed by atoms with Crippen LogP contribution in [0.4, 0.5) is 0 Å². The number of aliphatic hydroxyl groups excluding tert-OH is 2. The van der Waals surface area contributed by atoms with Gasteiger partial charge in [0.05, 0.1) is 13.2 Å². The van der Waals surface area contributed by atoms with Gasteiger partial charge < -0.3 is 10.2 Å². The Morgan fingerprint density at radius 1 is 1.33 bits per heavy atom. The first kappa shape index (κ1) is 8.92. The molecule has 0 fully saturated rings. The monoisotopic (exact) mass is 131 g/mol.